The molecule has 2 N–H and O–H groups in total. The van der Waals surface area contributed by atoms with Crippen LogP contribution in [0.2, 0.25) is 0 Å². The van der Waals surface area contributed by atoms with Crippen LogP contribution in [0.3, 0.4) is 0 Å². The van der Waals surface area contributed by atoms with Gasteiger partial charge in [-0.2, -0.15) is 0 Å². The molecule has 1 aliphatic heterocycles. The molecule has 21 heavy (non-hydrogen) atoms. The summed E-state index contributed by atoms with van der Waals surface area (Å²) in [6.07, 6.45) is 0. The van der Waals surface area contributed by atoms with Crippen LogP contribution >= 0.6 is 0 Å². The van der Waals surface area contributed by atoms with Crippen LogP contribution < -0.4 is 10.2 Å². The van der Waals surface area contributed by atoms with E-state index in [1.54, 1.807) is 0 Å². The minimum atomic E-state index is -0.610. The Hall–Kier alpha value is -1.10. The van der Waals surface area contributed by atoms with Gasteiger partial charge in [0.25, 0.3) is 0 Å². The number of hydrogen-bond acceptors (Lipinski definition) is 4. The van der Waals surface area contributed by atoms with E-state index in [1.165, 1.54) is 11.3 Å². The fourth-order valence-electron chi connectivity index (χ4n) is 2.99. The zero-order valence-electron chi connectivity index (χ0n) is 13.8. The lowest BCUT2D eigenvalue weighted by Gasteiger charge is -2.39. The summed E-state index contributed by atoms with van der Waals surface area (Å²) in [4.78, 5) is 4.81. The van der Waals surface area contributed by atoms with Gasteiger partial charge in [-0.3, -0.25) is 4.90 Å². The maximum atomic E-state index is 9.94. The molecule has 1 aromatic carbocycles. The zero-order valence-corrected chi connectivity index (χ0v) is 13.8. The van der Waals surface area contributed by atoms with Crippen LogP contribution in [0.1, 0.15) is 32.4 Å². The van der Waals surface area contributed by atoms with Gasteiger partial charge in [0.2, 0.25) is 0 Å². The standard InChI is InChI=1S/C17H29N3O/c1-14(18-4)15-7-5-6-8-16(15)20-11-9-19(10-12-20)13-17(2,3)21/h5-8,14,18,21H,9-13H2,1-4H3. The molecule has 0 aliphatic carbocycles. The summed E-state index contributed by atoms with van der Waals surface area (Å²) in [6, 6.07) is 9.01. The average molecular weight is 291 g/mol. The molecular weight excluding hydrogens is 262 g/mol. The molecule has 0 amide bonds. The summed E-state index contributed by atoms with van der Waals surface area (Å²) in [5.41, 5.74) is 2.08. The number of anilines is 1. The maximum absolute atomic E-state index is 9.94. The van der Waals surface area contributed by atoms with Crippen molar-refractivity contribution in [3.8, 4) is 0 Å². The molecule has 1 fully saturated rings. The molecule has 1 saturated heterocycles. The van der Waals surface area contributed by atoms with Crippen LogP contribution in [-0.2, 0) is 0 Å². The monoisotopic (exact) mass is 291 g/mol. The van der Waals surface area contributed by atoms with Crippen molar-refractivity contribution in [2.75, 3.05) is 44.7 Å². The van der Waals surface area contributed by atoms with E-state index in [2.05, 4.69) is 46.3 Å². The van der Waals surface area contributed by atoms with Crippen molar-refractivity contribution >= 4 is 5.69 Å². The second-order valence-corrected chi connectivity index (χ2v) is 6.64. The highest BCUT2D eigenvalue weighted by molar-refractivity contribution is 5.55. The summed E-state index contributed by atoms with van der Waals surface area (Å²) in [5.74, 6) is 0. The smallest absolute Gasteiger partial charge is 0.0718 e. The third kappa shape index (κ3) is 4.43. The Balaban J connectivity index is 2.03. The van der Waals surface area contributed by atoms with Gasteiger partial charge < -0.3 is 15.3 Å². The molecule has 0 saturated carbocycles. The maximum Gasteiger partial charge on any atom is 0.0718 e. The fraction of sp³-hybridized carbons (Fsp3) is 0.647. The van der Waals surface area contributed by atoms with E-state index < -0.39 is 5.60 Å². The molecule has 0 spiro atoms. The van der Waals surface area contributed by atoms with Crippen LogP contribution in [0.4, 0.5) is 5.69 Å². The lowest BCUT2D eigenvalue weighted by atomic mass is 10.0. The Morgan fingerprint density at radius 2 is 1.81 bits per heavy atom. The first-order valence-electron chi connectivity index (χ1n) is 7.86. The number of nitrogens with zero attached hydrogens (tertiary/aromatic N) is 2. The average Bonchev–Trinajstić information content (AvgIpc) is 2.45. The van der Waals surface area contributed by atoms with Gasteiger partial charge in [0.05, 0.1) is 5.60 Å². The fourth-order valence-corrected chi connectivity index (χ4v) is 2.99. The Kier molecular flexibility index (Phi) is 5.25. The van der Waals surface area contributed by atoms with Crippen molar-refractivity contribution < 1.29 is 5.11 Å². The number of hydrogen-bond donors (Lipinski definition) is 2. The molecule has 0 radical (unpaired) electrons. The second-order valence-electron chi connectivity index (χ2n) is 6.64. The van der Waals surface area contributed by atoms with E-state index in [0.29, 0.717) is 6.04 Å². The lowest BCUT2D eigenvalue weighted by Crippen LogP contribution is -2.50. The van der Waals surface area contributed by atoms with Gasteiger partial charge >= 0.3 is 0 Å². The number of aliphatic hydroxyl groups is 1. The van der Waals surface area contributed by atoms with Crippen molar-refractivity contribution in [3.63, 3.8) is 0 Å². The predicted octanol–water partition coefficient (Wildman–Crippen LogP) is 1.86. The highest BCUT2D eigenvalue weighted by Gasteiger charge is 2.24. The zero-order chi connectivity index (χ0) is 15.5. The molecule has 0 aromatic heterocycles. The Labute approximate surface area is 128 Å². The van der Waals surface area contributed by atoms with Crippen molar-refractivity contribution in [1.29, 1.82) is 0 Å². The van der Waals surface area contributed by atoms with Crippen LogP contribution in [0.15, 0.2) is 24.3 Å². The van der Waals surface area contributed by atoms with Gasteiger partial charge in [0, 0.05) is 44.5 Å². The first-order chi connectivity index (χ1) is 9.90. The van der Waals surface area contributed by atoms with Crippen molar-refractivity contribution in [2.45, 2.75) is 32.4 Å². The molecule has 1 heterocycles. The molecule has 4 nitrogen and oxygen atoms in total. The Bertz CT molecular complexity index is 448. The quantitative estimate of drug-likeness (QED) is 0.868. The first-order valence-corrected chi connectivity index (χ1v) is 7.86. The summed E-state index contributed by atoms with van der Waals surface area (Å²) in [6.45, 7) is 10.7. The molecule has 0 bridgehead atoms. The van der Waals surface area contributed by atoms with Gasteiger partial charge in [-0.15, -0.1) is 0 Å². The van der Waals surface area contributed by atoms with Crippen LogP contribution in [-0.4, -0.2) is 55.4 Å². The van der Waals surface area contributed by atoms with E-state index in [-0.39, 0.29) is 0 Å². The lowest BCUT2D eigenvalue weighted by molar-refractivity contribution is 0.0345. The molecule has 1 atom stereocenters. The minimum Gasteiger partial charge on any atom is -0.389 e. The highest BCUT2D eigenvalue weighted by Crippen LogP contribution is 2.27. The van der Waals surface area contributed by atoms with Crippen LogP contribution in [0, 0.1) is 0 Å². The normalized spacial score (nSPS) is 18.8. The number of piperazine rings is 1. The number of rotatable bonds is 5. The second kappa shape index (κ2) is 6.77. The van der Waals surface area contributed by atoms with Crippen LogP contribution in [0.5, 0.6) is 0 Å². The Morgan fingerprint density at radius 3 is 2.38 bits per heavy atom. The van der Waals surface area contributed by atoms with E-state index in [0.717, 1.165) is 32.7 Å². The highest BCUT2D eigenvalue weighted by atomic mass is 16.3. The van der Waals surface area contributed by atoms with E-state index in [9.17, 15) is 5.11 Å². The van der Waals surface area contributed by atoms with Crippen molar-refractivity contribution in [2.24, 2.45) is 0 Å². The van der Waals surface area contributed by atoms with Crippen molar-refractivity contribution in [3.05, 3.63) is 29.8 Å². The molecule has 1 aliphatic rings. The third-order valence-electron chi connectivity index (χ3n) is 4.16. The SMILES string of the molecule is CNC(C)c1ccccc1N1CCN(CC(C)(C)O)CC1. The van der Waals surface area contributed by atoms with Gasteiger partial charge in [-0.1, -0.05) is 18.2 Å². The summed E-state index contributed by atoms with van der Waals surface area (Å²) in [5, 5.41) is 13.3. The van der Waals surface area contributed by atoms with Gasteiger partial charge in [-0.25, -0.2) is 0 Å². The summed E-state index contributed by atoms with van der Waals surface area (Å²) < 4.78 is 0. The number of para-hydroxylation sites is 1. The molecule has 1 aromatic rings. The largest absolute Gasteiger partial charge is 0.389 e. The summed E-state index contributed by atoms with van der Waals surface area (Å²) in [7, 11) is 2.00. The first kappa shape index (κ1) is 16.3. The molecule has 2 rings (SSSR count). The van der Waals surface area contributed by atoms with E-state index in [1.807, 2.05) is 20.9 Å². The topological polar surface area (TPSA) is 38.7 Å². The summed E-state index contributed by atoms with van der Waals surface area (Å²) >= 11 is 0. The van der Waals surface area contributed by atoms with Crippen molar-refractivity contribution in [1.82, 2.24) is 10.2 Å². The minimum absolute atomic E-state index is 0.357. The predicted molar refractivity (Wildman–Crippen MR) is 88.9 cm³/mol. The third-order valence-corrected chi connectivity index (χ3v) is 4.16. The molecule has 118 valence electrons. The number of benzene rings is 1. The number of nitrogens with one attached hydrogen (secondary N) is 1. The number of β-amino-alcohol motifs (C(OH)–C–C–N with tert-alkyl or cyclic N) is 1. The van der Waals surface area contributed by atoms with Gasteiger partial charge in [0.1, 0.15) is 0 Å². The Morgan fingerprint density at radius 1 is 1.19 bits per heavy atom. The molecule has 4 heteroatoms. The van der Waals surface area contributed by atoms with Gasteiger partial charge in [-0.05, 0) is 39.4 Å². The van der Waals surface area contributed by atoms with Crippen LogP contribution in [0.25, 0.3) is 0 Å². The van der Waals surface area contributed by atoms with E-state index in [4.69, 9.17) is 0 Å². The van der Waals surface area contributed by atoms with Gasteiger partial charge in [0.15, 0.2) is 0 Å². The molecular formula is C17H29N3O. The molecule has 1 unspecified atom stereocenters. The van der Waals surface area contributed by atoms with E-state index >= 15 is 0 Å².